The van der Waals surface area contributed by atoms with Crippen molar-refractivity contribution in [2.24, 2.45) is 11.1 Å². The van der Waals surface area contributed by atoms with Gasteiger partial charge in [0.05, 0.1) is 5.41 Å². The highest BCUT2D eigenvalue weighted by atomic mass is 35.5. The number of ether oxygens (including phenoxy) is 2. The van der Waals surface area contributed by atoms with Crippen LogP contribution in [0.3, 0.4) is 0 Å². The Morgan fingerprint density at radius 2 is 1.76 bits per heavy atom. The van der Waals surface area contributed by atoms with Crippen LogP contribution in [0.25, 0.3) is 0 Å². The van der Waals surface area contributed by atoms with Crippen molar-refractivity contribution in [3.8, 4) is 11.5 Å². The molecule has 1 aliphatic rings. The molecule has 134 valence electrons. The fraction of sp³-hybridized carbons (Fsp3) is 0.316. The first-order chi connectivity index (χ1) is 11.7. The molecule has 0 atom stereocenters. The molecular formula is C19H23ClN2O3. The quantitative estimate of drug-likeness (QED) is 0.852. The molecule has 1 saturated heterocycles. The maximum atomic E-state index is 12.7. The summed E-state index contributed by atoms with van der Waals surface area (Å²) in [5.74, 6) is 1.38. The van der Waals surface area contributed by atoms with Crippen LogP contribution in [0.4, 0.5) is 5.69 Å². The van der Waals surface area contributed by atoms with E-state index in [0.717, 1.165) is 5.75 Å². The molecular weight excluding hydrogens is 340 g/mol. The first kappa shape index (κ1) is 19.2. The predicted octanol–water partition coefficient (Wildman–Crippen LogP) is 3.59. The lowest BCUT2D eigenvalue weighted by Crippen LogP contribution is -2.46. The molecule has 5 nitrogen and oxygen atoms in total. The lowest BCUT2D eigenvalue weighted by molar-refractivity contribution is -0.130. The van der Waals surface area contributed by atoms with Gasteiger partial charge in [0.25, 0.3) is 0 Å². The summed E-state index contributed by atoms with van der Waals surface area (Å²) in [6, 6.07) is 16.9. The summed E-state index contributed by atoms with van der Waals surface area (Å²) in [6.07, 6.45) is 1.30. The van der Waals surface area contributed by atoms with Crippen LogP contribution in [0.5, 0.6) is 11.5 Å². The molecule has 0 unspecified atom stereocenters. The number of para-hydroxylation sites is 1. The second kappa shape index (κ2) is 8.85. The second-order valence-electron chi connectivity index (χ2n) is 5.99. The molecule has 0 bridgehead atoms. The topological polar surface area (TPSA) is 73.6 Å². The maximum Gasteiger partial charge on any atom is 0.232 e. The van der Waals surface area contributed by atoms with Crippen molar-refractivity contribution in [3.05, 3.63) is 54.6 Å². The van der Waals surface area contributed by atoms with E-state index in [-0.39, 0.29) is 18.3 Å². The third-order valence-electron chi connectivity index (χ3n) is 4.39. The first-order valence-corrected chi connectivity index (χ1v) is 8.14. The van der Waals surface area contributed by atoms with Crippen LogP contribution in [-0.4, -0.2) is 25.7 Å². The molecule has 1 fully saturated rings. The number of nitrogens with two attached hydrogens (primary N) is 1. The number of nitrogens with one attached hydrogen (secondary N) is 1. The maximum absolute atomic E-state index is 12.7. The molecule has 1 aliphatic heterocycles. The van der Waals surface area contributed by atoms with E-state index in [1.165, 1.54) is 0 Å². The van der Waals surface area contributed by atoms with E-state index < -0.39 is 5.41 Å². The van der Waals surface area contributed by atoms with E-state index in [4.69, 9.17) is 15.2 Å². The smallest absolute Gasteiger partial charge is 0.232 e. The molecule has 6 heteroatoms. The van der Waals surface area contributed by atoms with E-state index in [0.29, 0.717) is 44.0 Å². The standard InChI is InChI=1S/C19H22N2O3.ClH/c20-14-19(9-11-23-12-10-19)18(22)21-15-5-4-8-17(13-15)24-16-6-2-1-3-7-16;/h1-8,13H,9-12,14,20H2,(H,21,22);1H. The molecule has 2 aromatic carbocycles. The monoisotopic (exact) mass is 362 g/mol. The number of hydrogen-bond donors (Lipinski definition) is 2. The Hall–Kier alpha value is -2.08. The summed E-state index contributed by atoms with van der Waals surface area (Å²) in [5, 5.41) is 2.98. The van der Waals surface area contributed by atoms with Gasteiger partial charge in [-0.15, -0.1) is 12.4 Å². The summed E-state index contributed by atoms with van der Waals surface area (Å²) in [5.41, 5.74) is 6.04. The van der Waals surface area contributed by atoms with Gasteiger partial charge in [0.2, 0.25) is 5.91 Å². The lowest BCUT2D eigenvalue weighted by atomic mass is 9.79. The van der Waals surface area contributed by atoms with E-state index in [1.54, 1.807) is 0 Å². The molecule has 0 aliphatic carbocycles. The van der Waals surface area contributed by atoms with Gasteiger partial charge >= 0.3 is 0 Å². The lowest BCUT2D eigenvalue weighted by Gasteiger charge is -2.34. The number of amides is 1. The van der Waals surface area contributed by atoms with E-state index in [2.05, 4.69) is 5.32 Å². The van der Waals surface area contributed by atoms with Gasteiger partial charge < -0.3 is 20.5 Å². The summed E-state index contributed by atoms with van der Waals surface area (Å²) >= 11 is 0. The zero-order valence-corrected chi connectivity index (χ0v) is 14.8. The van der Waals surface area contributed by atoms with Gasteiger partial charge in [-0.05, 0) is 37.1 Å². The molecule has 3 rings (SSSR count). The van der Waals surface area contributed by atoms with Gasteiger partial charge in [0.1, 0.15) is 11.5 Å². The minimum absolute atomic E-state index is 0. The molecule has 1 amide bonds. The van der Waals surface area contributed by atoms with Gasteiger partial charge in [-0.1, -0.05) is 24.3 Å². The van der Waals surface area contributed by atoms with Crippen molar-refractivity contribution in [3.63, 3.8) is 0 Å². The van der Waals surface area contributed by atoms with Gasteiger partial charge in [-0.25, -0.2) is 0 Å². The Kier molecular flexibility index (Phi) is 6.82. The zero-order chi connectivity index (χ0) is 16.8. The molecule has 0 saturated carbocycles. The number of hydrogen-bond acceptors (Lipinski definition) is 4. The normalized spacial score (nSPS) is 15.7. The fourth-order valence-electron chi connectivity index (χ4n) is 2.81. The number of halogens is 1. The van der Waals surface area contributed by atoms with Crippen molar-refractivity contribution in [2.75, 3.05) is 25.1 Å². The van der Waals surface area contributed by atoms with Crippen molar-refractivity contribution >= 4 is 24.0 Å². The third-order valence-corrected chi connectivity index (χ3v) is 4.39. The molecule has 2 aromatic rings. The molecule has 3 N–H and O–H groups in total. The SMILES string of the molecule is Cl.NCC1(C(=O)Nc2cccc(Oc3ccccc3)c2)CCOCC1. The summed E-state index contributed by atoms with van der Waals surface area (Å²) in [4.78, 5) is 12.7. The average Bonchev–Trinajstić information content (AvgIpc) is 2.63. The van der Waals surface area contributed by atoms with Crippen molar-refractivity contribution < 1.29 is 14.3 Å². The molecule has 1 heterocycles. The summed E-state index contributed by atoms with van der Waals surface area (Å²) < 4.78 is 11.2. The second-order valence-corrected chi connectivity index (χ2v) is 5.99. The molecule has 25 heavy (non-hydrogen) atoms. The summed E-state index contributed by atoms with van der Waals surface area (Å²) in [7, 11) is 0. The minimum atomic E-state index is -0.547. The highest BCUT2D eigenvalue weighted by Crippen LogP contribution is 2.31. The molecule has 0 radical (unpaired) electrons. The molecule has 0 aromatic heterocycles. The zero-order valence-electron chi connectivity index (χ0n) is 13.9. The van der Waals surface area contributed by atoms with Gasteiger partial charge in [0.15, 0.2) is 0 Å². The minimum Gasteiger partial charge on any atom is -0.457 e. The molecule has 0 spiro atoms. The van der Waals surface area contributed by atoms with Crippen LogP contribution in [0, 0.1) is 5.41 Å². The predicted molar refractivity (Wildman–Crippen MR) is 100 cm³/mol. The van der Waals surface area contributed by atoms with Crippen molar-refractivity contribution in [2.45, 2.75) is 12.8 Å². The highest BCUT2D eigenvalue weighted by Gasteiger charge is 2.38. The fourth-order valence-corrected chi connectivity index (χ4v) is 2.81. The van der Waals surface area contributed by atoms with Crippen LogP contribution >= 0.6 is 12.4 Å². The number of benzene rings is 2. The number of rotatable bonds is 5. The van der Waals surface area contributed by atoms with Crippen LogP contribution in [0.1, 0.15) is 12.8 Å². The first-order valence-electron chi connectivity index (χ1n) is 8.14. The van der Waals surface area contributed by atoms with Gasteiger partial charge in [0, 0.05) is 31.5 Å². The van der Waals surface area contributed by atoms with E-state index >= 15 is 0 Å². The van der Waals surface area contributed by atoms with E-state index in [9.17, 15) is 4.79 Å². The Balaban J connectivity index is 0.00000225. The Bertz CT molecular complexity index is 688. The van der Waals surface area contributed by atoms with Crippen LogP contribution in [-0.2, 0) is 9.53 Å². The Labute approximate surface area is 153 Å². The van der Waals surface area contributed by atoms with Gasteiger partial charge in [-0.3, -0.25) is 4.79 Å². The Morgan fingerprint density at radius 1 is 1.08 bits per heavy atom. The van der Waals surface area contributed by atoms with Crippen molar-refractivity contribution in [1.82, 2.24) is 0 Å². The van der Waals surface area contributed by atoms with E-state index in [1.807, 2.05) is 54.6 Å². The average molecular weight is 363 g/mol. The van der Waals surface area contributed by atoms with Crippen molar-refractivity contribution in [1.29, 1.82) is 0 Å². The third kappa shape index (κ3) is 4.72. The number of carbonyl (C=O) groups excluding carboxylic acids is 1. The summed E-state index contributed by atoms with van der Waals surface area (Å²) in [6.45, 7) is 1.46. The number of carbonyl (C=O) groups is 1. The van der Waals surface area contributed by atoms with Gasteiger partial charge in [-0.2, -0.15) is 0 Å². The van der Waals surface area contributed by atoms with Crippen LogP contribution in [0.15, 0.2) is 54.6 Å². The van der Waals surface area contributed by atoms with Crippen LogP contribution < -0.4 is 15.8 Å². The largest absolute Gasteiger partial charge is 0.457 e. The Morgan fingerprint density at radius 3 is 2.44 bits per heavy atom. The highest BCUT2D eigenvalue weighted by molar-refractivity contribution is 5.95. The number of anilines is 1. The van der Waals surface area contributed by atoms with Crippen LogP contribution in [0.2, 0.25) is 0 Å².